The largest absolute Gasteiger partial charge is 0.489 e. The summed E-state index contributed by atoms with van der Waals surface area (Å²) in [6.45, 7) is 0.558. The Labute approximate surface area is 107 Å². The summed E-state index contributed by atoms with van der Waals surface area (Å²) in [6, 6.07) is 17.8. The Morgan fingerprint density at radius 1 is 1.00 bits per heavy atom. The second-order valence-electron chi connectivity index (χ2n) is 4.83. The lowest BCUT2D eigenvalue weighted by molar-refractivity contribution is 0.151. The van der Waals surface area contributed by atoms with Crippen LogP contribution in [0, 0.1) is 0 Å². The van der Waals surface area contributed by atoms with Crippen molar-refractivity contribution in [2.75, 3.05) is 0 Å². The molecule has 0 amide bonds. The Bertz CT molecular complexity index is 530. The molecule has 0 aliphatic heterocycles. The van der Waals surface area contributed by atoms with Gasteiger partial charge in [-0.1, -0.05) is 42.5 Å². The van der Waals surface area contributed by atoms with Crippen LogP contribution in [0.5, 0.6) is 5.75 Å². The van der Waals surface area contributed by atoms with Crippen molar-refractivity contribution in [3.63, 3.8) is 0 Å². The van der Waals surface area contributed by atoms with E-state index in [-0.39, 0.29) is 0 Å². The zero-order valence-corrected chi connectivity index (χ0v) is 10.2. The van der Waals surface area contributed by atoms with E-state index >= 15 is 0 Å². The fourth-order valence-electron chi connectivity index (χ4n) is 2.02. The minimum absolute atomic E-state index is 0.558. The van der Waals surface area contributed by atoms with Crippen LogP contribution in [0.2, 0.25) is 0 Å². The molecular weight excluding hydrogens is 224 g/mol. The zero-order valence-electron chi connectivity index (χ0n) is 10.2. The van der Waals surface area contributed by atoms with E-state index in [1.54, 1.807) is 0 Å². The highest BCUT2D eigenvalue weighted by Gasteiger charge is 2.42. The van der Waals surface area contributed by atoms with Crippen LogP contribution in [0.15, 0.2) is 54.6 Å². The van der Waals surface area contributed by atoms with Gasteiger partial charge < -0.3 is 9.84 Å². The molecule has 3 rings (SSSR count). The quantitative estimate of drug-likeness (QED) is 0.889. The summed E-state index contributed by atoms with van der Waals surface area (Å²) >= 11 is 0. The lowest BCUT2D eigenvalue weighted by atomic mass is 10.1. The number of hydrogen-bond donors (Lipinski definition) is 1. The van der Waals surface area contributed by atoms with Crippen molar-refractivity contribution in [1.82, 2.24) is 0 Å². The monoisotopic (exact) mass is 240 g/mol. The van der Waals surface area contributed by atoms with Crippen molar-refractivity contribution in [1.29, 1.82) is 0 Å². The maximum absolute atomic E-state index is 10.1. The second kappa shape index (κ2) is 4.46. The first-order valence-electron chi connectivity index (χ1n) is 6.26. The standard InChI is InChI=1S/C16H16O2/c17-16(9-10-16)14-7-4-8-15(11-14)18-12-13-5-2-1-3-6-13/h1-8,11,17H,9-10,12H2. The van der Waals surface area contributed by atoms with Gasteiger partial charge in [0.15, 0.2) is 0 Å². The molecule has 1 aliphatic carbocycles. The number of hydrogen-bond acceptors (Lipinski definition) is 2. The third kappa shape index (κ3) is 2.39. The third-order valence-corrected chi connectivity index (χ3v) is 3.34. The number of rotatable bonds is 4. The van der Waals surface area contributed by atoms with Gasteiger partial charge in [-0.05, 0) is 36.1 Å². The topological polar surface area (TPSA) is 29.5 Å². The Hall–Kier alpha value is -1.80. The highest BCUT2D eigenvalue weighted by molar-refractivity contribution is 5.35. The molecule has 92 valence electrons. The lowest BCUT2D eigenvalue weighted by Gasteiger charge is -2.11. The van der Waals surface area contributed by atoms with E-state index in [1.807, 2.05) is 54.6 Å². The van der Waals surface area contributed by atoms with Crippen LogP contribution < -0.4 is 4.74 Å². The molecule has 0 aromatic heterocycles. The molecule has 0 atom stereocenters. The molecule has 0 heterocycles. The summed E-state index contributed by atoms with van der Waals surface area (Å²) in [5.41, 5.74) is 1.52. The normalized spacial score (nSPS) is 16.3. The molecule has 1 fully saturated rings. The van der Waals surface area contributed by atoms with Crippen LogP contribution in [0.25, 0.3) is 0 Å². The minimum atomic E-state index is -0.591. The number of benzene rings is 2. The molecule has 2 aromatic rings. The lowest BCUT2D eigenvalue weighted by Crippen LogP contribution is -2.04. The van der Waals surface area contributed by atoms with Gasteiger partial charge in [0.05, 0.1) is 5.60 Å². The minimum Gasteiger partial charge on any atom is -0.489 e. The molecule has 0 unspecified atom stereocenters. The van der Waals surface area contributed by atoms with Crippen LogP contribution in [0.4, 0.5) is 0 Å². The Morgan fingerprint density at radius 2 is 1.78 bits per heavy atom. The van der Waals surface area contributed by atoms with Crippen molar-refractivity contribution in [2.24, 2.45) is 0 Å². The van der Waals surface area contributed by atoms with E-state index in [4.69, 9.17) is 4.74 Å². The van der Waals surface area contributed by atoms with Crippen LogP contribution in [0.1, 0.15) is 24.0 Å². The fourth-order valence-corrected chi connectivity index (χ4v) is 2.02. The van der Waals surface area contributed by atoms with Crippen LogP contribution in [-0.2, 0) is 12.2 Å². The van der Waals surface area contributed by atoms with Gasteiger partial charge >= 0.3 is 0 Å². The van der Waals surface area contributed by atoms with Crippen LogP contribution in [-0.4, -0.2) is 5.11 Å². The van der Waals surface area contributed by atoms with Crippen molar-refractivity contribution < 1.29 is 9.84 Å². The zero-order chi connectivity index (χ0) is 12.4. The molecule has 1 saturated carbocycles. The molecule has 0 saturated heterocycles. The summed E-state index contributed by atoms with van der Waals surface area (Å²) in [4.78, 5) is 0. The summed E-state index contributed by atoms with van der Waals surface area (Å²) < 4.78 is 5.74. The maximum Gasteiger partial charge on any atom is 0.120 e. The van der Waals surface area contributed by atoms with Gasteiger partial charge in [0.1, 0.15) is 12.4 Å². The summed E-state index contributed by atoms with van der Waals surface area (Å²) in [6.07, 6.45) is 1.71. The summed E-state index contributed by atoms with van der Waals surface area (Å²) in [5.74, 6) is 0.816. The van der Waals surface area contributed by atoms with Crippen molar-refractivity contribution in [3.8, 4) is 5.75 Å². The Kier molecular flexibility index (Phi) is 2.80. The van der Waals surface area contributed by atoms with Crippen LogP contribution >= 0.6 is 0 Å². The third-order valence-electron chi connectivity index (χ3n) is 3.34. The predicted octanol–water partition coefficient (Wildman–Crippen LogP) is 3.25. The van der Waals surface area contributed by atoms with Crippen molar-refractivity contribution in [2.45, 2.75) is 25.0 Å². The van der Waals surface area contributed by atoms with E-state index in [0.717, 1.165) is 29.7 Å². The second-order valence-corrected chi connectivity index (χ2v) is 4.83. The van der Waals surface area contributed by atoms with E-state index in [9.17, 15) is 5.11 Å². The first kappa shape index (κ1) is 11.3. The molecule has 2 aromatic carbocycles. The molecule has 1 aliphatic rings. The average Bonchev–Trinajstić information content (AvgIpc) is 3.17. The van der Waals surface area contributed by atoms with E-state index < -0.39 is 5.60 Å². The summed E-state index contributed by atoms with van der Waals surface area (Å²) in [7, 11) is 0. The highest BCUT2D eigenvalue weighted by Crippen LogP contribution is 2.45. The van der Waals surface area contributed by atoms with Gasteiger partial charge in [-0.25, -0.2) is 0 Å². The molecule has 2 heteroatoms. The Balaban J connectivity index is 1.70. The molecule has 1 N–H and O–H groups in total. The predicted molar refractivity (Wildman–Crippen MR) is 70.3 cm³/mol. The van der Waals surface area contributed by atoms with Crippen LogP contribution in [0.3, 0.4) is 0 Å². The first-order valence-corrected chi connectivity index (χ1v) is 6.26. The van der Waals surface area contributed by atoms with E-state index in [2.05, 4.69) is 0 Å². The number of aliphatic hydroxyl groups is 1. The van der Waals surface area contributed by atoms with Gasteiger partial charge in [0, 0.05) is 0 Å². The molecule has 0 spiro atoms. The molecular formula is C16H16O2. The number of ether oxygens (including phenoxy) is 1. The maximum atomic E-state index is 10.1. The average molecular weight is 240 g/mol. The van der Waals surface area contributed by atoms with Gasteiger partial charge in [-0.3, -0.25) is 0 Å². The van der Waals surface area contributed by atoms with Crippen molar-refractivity contribution >= 4 is 0 Å². The highest BCUT2D eigenvalue weighted by atomic mass is 16.5. The smallest absolute Gasteiger partial charge is 0.120 e. The molecule has 18 heavy (non-hydrogen) atoms. The van der Waals surface area contributed by atoms with Gasteiger partial charge in [-0.15, -0.1) is 0 Å². The molecule has 2 nitrogen and oxygen atoms in total. The summed E-state index contributed by atoms with van der Waals surface area (Å²) in [5, 5.41) is 10.1. The first-order chi connectivity index (χ1) is 8.76. The molecule has 0 bridgehead atoms. The fraction of sp³-hybridized carbons (Fsp3) is 0.250. The Morgan fingerprint density at radius 3 is 2.50 bits per heavy atom. The van der Waals surface area contributed by atoms with E-state index in [0.29, 0.717) is 6.61 Å². The van der Waals surface area contributed by atoms with Crippen molar-refractivity contribution in [3.05, 3.63) is 65.7 Å². The SMILES string of the molecule is OC1(c2cccc(OCc3ccccc3)c2)CC1. The van der Waals surface area contributed by atoms with Gasteiger partial charge in [-0.2, -0.15) is 0 Å². The van der Waals surface area contributed by atoms with E-state index in [1.165, 1.54) is 0 Å². The molecule has 0 radical (unpaired) electrons. The van der Waals surface area contributed by atoms with Gasteiger partial charge in [0.2, 0.25) is 0 Å². The van der Waals surface area contributed by atoms with Gasteiger partial charge in [0.25, 0.3) is 0 Å².